The fourth-order valence-electron chi connectivity index (χ4n) is 9.23. The van der Waals surface area contributed by atoms with E-state index >= 15 is 0 Å². The summed E-state index contributed by atoms with van der Waals surface area (Å²) >= 11 is 0. The molecule has 6 rings (SSSR count). The molecule has 0 aromatic carbocycles. The van der Waals surface area contributed by atoms with Crippen molar-refractivity contribution >= 4 is 40.3 Å². The molecule has 0 aliphatic heterocycles. The Balaban J connectivity index is 0.000000208. The summed E-state index contributed by atoms with van der Waals surface area (Å²) in [5, 5.41) is -16.2. The monoisotopic (exact) mass is 862 g/mol. The Morgan fingerprint density at radius 2 is 0.558 bits per heavy atom. The molecule has 0 saturated heterocycles. The Labute approximate surface area is 295 Å². The van der Waals surface area contributed by atoms with Gasteiger partial charge in [0.2, 0.25) is 0 Å². The van der Waals surface area contributed by atoms with Crippen molar-refractivity contribution in [2.45, 2.75) is 111 Å². The van der Waals surface area contributed by atoms with Crippen LogP contribution in [0.1, 0.15) is 77.0 Å². The lowest BCUT2D eigenvalue weighted by molar-refractivity contribution is -0.202. The fourth-order valence-corrected chi connectivity index (χ4v) is 10.7. The predicted molar refractivity (Wildman–Crippen MR) is 162 cm³/mol. The van der Waals surface area contributed by atoms with Gasteiger partial charge in [0.05, 0.1) is 0 Å². The number of hydrogen-bond acceptors (Lipinski definition) is 6. The van der Waals surface area contributed by atoms with Crippen LogP contribution in [0.25, 0.3) is 0 Å². The second-order valence-corrected chi connectivity index (χ2v) is 19.1. The molecule has 6 aliphatic carbocycles. The number of hydrogen-bond donors (Lipinski definition) is 3. The fraction of sp³-hybridized carbons (Fsp3) is 1.00. The highest BCUT2D eigenvalue weighted by atomic mass is 32.2. The van der Waals surface area contributed by atoms with E-state index in [1.165, 1.54) is 0 Å². The predicted octanol–water partition coefficient (Wildman–Crippen LogP) is 7.67. The summed E-state index contributed by atoms with van der Waals surface area (Å²) in [6.07, 6.45) is 4.52. The molecular formula is C27H39F12O9PS3. The minimum atomic E-state index is -6.10. The second-order valence-electron chi connectivity index (χ2n) is 14.7. The van der Waals surface area contributed by atoms with E-state index in [9.17, 15) is 77.9 Å². The normalized spacial score (nSPS) is 33.6. The lowest BCUT2D eigenvalue weighted by Gasteiger charge is -2.33. The van der Waals surface area contributed by atoms with Crippen LogP contribution < -0.4 is 0 Å². The van der Waals surface area contributed by atoms with Crippen LogP contribution in [0.4, 0.5) is 52.7 Å². The average molecular weight is 863 g/mol. The Bertz CT molecular complexity index is 1460. The minimum Gasteiger partial charge on any atom is -0.281 e. The first-order valence-electron chi connectivity index (χ1n) is 15.9. The summed E-state index contributed by atoms with van der Waals surface area (Å²) in [6, 6.07) is 0. The molecule has 0 amide bonds. The van der Waals surface area contributed by atoms with E-state index in [-0.39, 0.29) is 46.9 Å². The van der Waals surface area contributed by atoms with Gasteiger partial charge < -0.3 is 0 Å². The molecular weight excluding hydrogens is 823 g/mol. The molecule has 0 radical (unpaired) electrons. The molecule has 308 valence electrons. The van der Waals surface area contributed by atoms with Crippen molar-refractivity contribution in [3.63, 3.8) is 0 Å². The summed E-state index contributed by atoms with van der Waals surface area (Å²) in [4.78, 5) is 0. The molecule has 6 fully saturated rings. The molecule has 6 bridgehead atoms. The van der Waals surface area contributed by atoms with Gasteiger partial charge in [-0.3, -0.25) is 13.7 Å². The molecule has 6 saturated carbocycles. The zero-order chi connectivity index (χ0) is 39.2. The summed E-state index contributed by atoms with van der Waals surface area (Å²) in [6.45, 7) is 0. The van der Waals surface area contributed by atoms with Crippen LogP contribution in [0.5, 0.6) is 0 Å². The van der Waals surface area contributed by atoms with Gasteiger partial charge in [-0.1, -0.05) is 19.3 Å². The maximum Gasteiger partial charge on any atom is 0.431 e. The third-order valence-electron chi connectivity index (χ3n) is 11.7. The first-order chi connectivity index (χ1) is 22.7. The number of rotatable bonds is 9. The van der Waals surface area contributed by atoms with E-state index in [1.807, 2.05) is 0 Å². The Morgan fingerprint density at radius 3 is 0.673 bits per heavy atom. The molecule has 0 heterocycles. The van der Waals surface area contributed by atoms with E-state index in [0.717, 1.165) is 19.3 Å². The van der Waals surface area contributed by atoms with Crippen molar-refractivity contribution in [2.75, 3.05) is 0 Å². The van der Waals surface area contributed by atoms with Crippen molar-refractivity contribution in [1.82, 2.24) is 0 Å². The summed E-state index contributed by atoms with van der Waals surface area (Å²) in [7, 11) is -18.3. The van der Waals surface area contributed by atoms with Gasteiger partial charge in [-0.15, -0.1) is 0 Å². The van der Waals surface area contributed by atoms with Gasteiger partial charge in [0, 0.05) is 17.8 Å². The first-order valence-corrected chi connectivity index (χ1v) is 20.2. The highest BCUT2D eigenvalue weighted by molar-refractivity contribution is 7.87. The van der Waals surface area contributed by atoms with Gasteiger partial charge in [-0.25, -0.2) is 0 Å². The lowest BCUT2D eigenvalue weighted by atomic mass is 9.84. The van der Waals surface area contributed by atoms with Crippen molar-refractivity contribution in [2.24, 2.45) is 53.3 Å². The van der Waals surface area contributed by atoms with Crippen LogP contribution >= 0.6 is 9.90 Å². The first kappa shape index (κ1) is 45.7. The molecule has 52 heavy (non-hydrogen) atoms. The number of fused-ring (bicyclic) bond motifs is 6. The van der Waals surface area contributed by atoms with E-state index in [2.05, 4.69) is 0 Å². The maximum atomic E-state index is 13.6. The highest BCUT2D eigenvalue weighted by Crippen LogP contribution is 2.60. The smallest absolute Gasteiger partial charge is 0.281 e. The maximum absolute atomic E-state index is 13.6. The van der Waals surface area contributed by atoms with E-state index < -0.39 is 99.4 Å². The molecule has 0 spiro atoms. The number of halogens is 12. The van der Waals surface area contributed by atoms with Crippen LogP contribution in [0.15, 0.2) is 0 Å². The third-order valence-corrected chi connectivity index (χ3v) is 14.5. The van der Waals surface area contributed by atoms with Gasteiger partial charge in [0.1, 0.15) is 0 Å². The Morgan fingerprint density at radius 1 is 0.365 bits per heavy atom. The van der Waals surface area contributed by atoms with Gasteiger partial charge in [0.15, 0.2) is 0 Å². The van der Waals surface area contributed by atoms with Gasteiger partial charge in [0.25, 0.3) is 0 Å². The van der Waals surface area contributed by atoms with Crippen molar-refractivity contribution < 1.29 is 91.6 Å². The van der Waals surface area contributed by atoms with E-state index in [4.69, 9.17) is 13.7 Å². The van der Waals surface area contributed by atoms with Gasteiger partial charge in [-0.05, 0) is 93.3 Å². The average Bonchev–Trinajstić information content (AvgIpc) is 3.84. The Kier molecular flexibility index (Phi) is 12.6. The molecule has 10 unspecified atom stereocenters. The van der Waals surface area contributed by atoms with Crippen LogP contribution in [-0.2, 0) is 30.4 Å². The number of alkyl halides is 12. The van der Waals surface area contributed by atoms with Crippen molar-refractivity contribution in [1.29, 1.82) is 0 Å². The summed E-state index contributed by atoms with van der Waals surface area (Å²) < 4.78 is 247. The van der Waals surface area contributed by atoms with Crippen LogP contribution in [0.2, 0.25) is 0 Å². The topological polar surface area (TPSA) is 163 Å². The molecule has 0 aromatic rings. The Hall–Kier alpha value is -0.680. The van der Waals surface area contributed by atoms with Gasteiger partial charge >= 0.3 is 63.9 Å². The molecule has 0 aromatic heterocycles. The second kappa shape index (κ2) is 14.4. The molecule has 25 heteroatoms. The molecule has 3 N–H and O–H groups in total. The summed E-state index contributed by atoms with van der Waals surface area (Å²) in [5.41, 5.74) is 0. The third kappa shape index (κ3) is 7.70. The quantitative estimate of drug-likeness (QED) is 0.120. The minimum absolute atomic E-state index is 0. The van der Waals surface area contributed by atoms with Crippen molar-refractivity contribution in [3.8, 4) is 0 Å². The summed E-state index contributed by atoms with van der Waals surface area (Å²) in [5.74, 6) is -20.8. The van der Waals surface area contributed by atoms with Crippen LogP contribution in [0.3, 0.4) is 0 Å². The molecule has 10 atom stereocenters. The van der Waals surface area contributed by atoms with Crippen molar-refractivity contribution in [3.05, 3.63) is 0 Å². The zero-order valence-electron chi connectivity index (χ0n) is 26.9. The van der Waals surface area contributed by atoms with E-state index in [0.29, 0.717) is 38.5 Å². The SMILES string of the molecule is O=S(=O)(O)C(F)(F)C(F)(F)C1CC2CCC1C2.O=S(=O)(O)C(F)(F)C(F)(F)C1CC2CCC1C2.O=S(=O)(O)C(F)(F)C(F)(F)C1CC2CCC1C2.P. The highest BCUT2D eigenvalue weighted by Gasteiger charge is 2.73. The molecule has 6 aliphatic rings. The zero-order valence-corrected chi connectivity index (χ0v) is 30.8. The largest absolute Gasteiger partial charge is 0.431 e. The lowest BCUT2D eigenvalue weighted by Crippen LogP contribution is -2.52. The van der Waals surface area contributed by atoms with Crippen LogP contribution in [0, 0.1) is 53.3 Å². The standard InChI is InChI=1S/3C9H12F4O3S.H3P/c3*10-8(11,9(12,13)17(14,15)16)7-4-5-1-2-6(7)3-5;/h3*5-7H,1-4H2,(H,14,15,16);1H3. The van der Waals surface area contributed by atoms with Gasteiger partial charge in [-0.2, -0.15) is 87.8 Å². The molecule has 9 nitrogen and oxygen atoms in total. The van der Waals surface area contributed by atoms with E-state index in [1.54, 1.807) is 0 Å². The van der Waals surface area contributed by atoms with Crippen LogP contribution in [-0.4, -0.2) is 72.4 Å².